The highest BCUT2D eigenvalue weighted by Crippen LogP contribution is 2.44. The second-order valence-electron chi connectivity index (χ2n) is 18.1. The van der Waals surface area contributed by atoms with Crippen molar-refractivity contribution in [2.75, 3.05) is 49.5 Å². The number of ether oxygens (including phenoxy) is 1. The summed E-state index contributed by atoms with van der Waals surface area (Å²) in [6.45, 7) is 10.7. The van der Waals surface area contributed by atoms with Crippen molar-refractivity contribution in [2.45, 2.75) is 76.2 Å². The Kier molecular flexibility index (Phi) is 12.5. The molecule has 3 aromatic carbocycles. The maximum Gasteiger partial charge on any atom is 0.312 e. The fourth-order valence-electron chi connectivity index (χ4n) is 8.86. The molecular formula is C46H53ClN8O7S. The van der Waals surface area contributed by atoms with Gasteiger partial charge in [-0.05, 0) is 111 Å². The lowest BCUT2D eigenvalue weighted by molar-refractivity contribution is -0.384. The van der Waals surface area contributed by atoms with Crippen molar-refractivity contribution in [1.82, 2.24) is 24.8 Å². The molecule has 1 saturated carbocycles. The first-order valence-corrected chi connectivity index (χ1v) is 23.2. The van der Waals surface area contributed by atoms with E-state index in [1.807, 2.05) is 18.2 Å². The number of carbonyl (C=O) groups excluding carboxylic acids is 1. The minimum absolute atomic E-state index is 0.0597. The number of nitrogens with one attached hydrogen (secondary N) is 3. The molecule has 5 aromatic rings. The number of halogens is 1. The zero-order valence-electron chi connectivity index (χ0n) is 35.7. The summed E-state index contributed by atoms with van der Waals surface area (Å²) in [5.41, 5.74) is 4.48. The maximum absolute atomic E-state index is 14.0. The Labute approximate surface area is 372 Å². The maximum atomic E-state index is 14.0. The Morgan fingerprint density at radius 3 is 2.48 bits per heavy atom. The van der Waals surface area contributed by atoms with Gasteiger partial charge in [0.05, 0.1) is 39.4 Å². The van der Waals surface area contributed by atoms with Gasteiger partial charge in [0.2, 0.25) is 5.82 Å². The molecule has 63 heavy (non-hydrogen) atoms. The lowest BCUT2D eigenvalue weighted by atomic mass is 9.72. The lowest BCUT2D eigenvalue weighted by Gasteiger charge is -2.39. The van der Waals surface area contributed by atoms with E-state index in [1.165, 1.54) is 22.8 Å². The predicted molar refractivity (Wildman–Crippen MR) is 244 cm³/mol. The number of nitro groups is 1. The summed E-state index contributed by atoms with van der Waals surface area (Å²) >= 11 is 6.24. The number of pyridine rings is 1. The summed E-state index contributed by atoms with van der Waals surface area (Å²) in [4.78, 5) is 33.6. The topological polar surface area (TPSA) is 196 Å². The number of rotatable bonds is 13. The standard InChI is InChI=1S/C46H53ClN8O7S/c1-45(2)16-15-32(37(25-45)31-7-9-33(47)10-8-31)29-53-19-21-54(22-20-53)34-11-12-36(42(23-34)62-41-6-4-5-39-38(41)28-50-51-39)44(56)52-63(60,61)35-24-40(55(58)59)43(49-27-35)48-26-30-13-17-46(3,57)18-14-30/h4-12,23-24,27-28,30,57H,13-22,25-26,29H2,1-3H3,(H,48,49)(H,50,51)(H,52,56)/t30-,46+. The Balaban J connectivity index is 1.00. The summed E-state index contributed by atoms with van der Waals surface area (Å²) in [5, 5.41) is 33.8. The number of anilines is 2. The molecule has 2 fully saturated rings. The van der Waals surface area contributed by atoms with Crippen LogP contribution in [0.4, 0.5) is 17.2 Å². The van der Waals surface area contributed by atoms with Gasteiger partial charge in [0, 0.05) is 62.1 Å². The lowest BCUT2D eigenvalue weighted by Crippen LogP contribution is -2.47. The fourth-order valence-corrected chi connectivity index (χ4v) is 9.92. The number of amides is 1. The summed E-state index contributed by atoms with van der Waals surface area (Å²) in [7, 11) is -4.64. The van der Waals surface area contributed by atoms with Crippen LogP contribution in [-0.4, -0.2) is 89.3 Å². The molecule has 2 aliphatic carbocycles. The average Bonchev–Trinajstić information content (AvgIpc) is 3.74. The number of carbonyl (C=O) groups is 1. The van der Waals surface area contributed by atoms with E-state index in [0.29, 0.717) is 49.1 Å². The Morgan fingerprint density at radius 2 is 1.75 bits per heavy atom. The Bertz CT molecular complexity index is 2650. The van der Waals surface area contributed by atoms with Gasteiger partial charge in [-0.1, -0.05) is 49.2 Å². The minimum atomic E-state index is -4.64. The molecular weight excluding hydrogens is 844 g/mol. The first-order chi connectivity index (χ1) is 30.0. The average molecular weight is 897 g/mol. The van der Waals surface area contributed by atoms with Gasteiger partial charge in [0.25, 0.3) is 15.9 Å². The normalized spacial score (nSPS) is 20.7. The number of allylic oxidation sites excluding steroid dienone is 1. The van der Waals surface area contributed by atoms with E-state index >= 15 is 0 Å². The van der Waals surface area contributed by atoms with E-state index in [4.69, 9.17) is 16.3 Å². The molecule has 4 N–H and O–H groups in total. The third-order valence-electron chi connectivity index (χ3n) is 12.7. The van der Waals surface area contributed by atoms with Crippen molar-refractivity contribution in [2.24, 2.45) is 11.3 Å². The van der Waals surface area contributed by atoms with Gasteiger partial charge in [-0.3, -0.25) is 24.9 Å². The number of hydrogen-bond donors (Lipinski definition) is 4. The number of benzene rings is 3. The molecule has 3 aliphatic rings. The highest BCUT2D eigenvalue weighted by molar-refractivity contribution is 7.90. The minimum Gasteiger partial charge on any atom is -0.456 e. The van der Waals surface area contributed by atoms with Crippen LogP contribution in [0.3, 0.4) is 0 Å². The molecule has 1 aliphatic heterocycles. The summed E-state index contributed by atoms with van der Waals surface area (Å²) in [5.74, 6) is -0.386. The fraction of sp³-hybridized carbons (Fsp3) is 0.413. The van der Waals surface area contributed by atoms with E-state index in [1.54, 1.807) is 37.4 Å². The van der Waals surface area contributed by atoms with Crippen molar-refractivity contribution in [3.63, 3.8) is 0 Å². The van der Waals surface area contributed by atoms with Crippen molar-refractivity contribution >= 4 is 61.2 Å². The largest absolute Gasteiger partial charge is 0.456 e. The number of nitrogens with zero attached hydrogens (tertiary/aromatic N) is 5. The molecule has 1 saturated heterocycles. The number of hydrogen-bond acceptors (Lipinski definition) is 12. The number of H-pyrrole nitrogens is 1. The number of sulfonamides is 1. The molecule has 0 unspecified atom stereocenters. The molecule has 332 valence electrons. The van der Waals surface area contributed by atoms with Crippen molar-refractivity contribution < 1.29 is 28.0 Å². The molecule has 3 heterocycles. The second kappa shape index (κ2) is 17.9. The zero-order chi connectivity index (χ0) is 44.5. The van der Waals surface area contributed by atoms with Crippen LogP contribution in [0.15, 0.2) is 89.6 Å². The highest BCUT2D eigenvalue weighted by Gasteiger charge is 2.32. The number of aliphatic hydroxyl groups is 1. The number of piperazine rings is 1. The molecule has 0 atom stereocenters. The Morgan fingerprint density at radius 1 is 1.00 bits per heavy atom. The molecule has 1 amide bonds. The van der Waals surface area contributed by atoms with Gasteiger partial charge >= 0.3 is 5.69 Å². The van der Waals surface area contributed by atoms with Crippen LogP contribution in [0.2, 0.25) is 5.02 Å². The van der Waals surface area contributed by atoms with Gasteiger partial charge in [-0.15, -0.1) is 0 Å². The van der Waals surface area contributed by atoms with E-state index in [0.717, 1.165) is 74.7 Å². The van der Waals surface area contributed by atoms with Crippen LogP contribution in [0.5, 0.6) is 11.5 Å². The summed E-state index contributed by atoms with van der Waals surface area (Å²) in [6, 6.07) is 19.4. The van der Waals surface area contributed by atoms with Crippen LogP contribution < -0.4 is 19.7 Å². The summed E-state index contributed by atoms with van der Waals surface area (Å²) in [6.07, 6.45) is 8.47. The van der Waals surface area contributed by atoms with Crippen molar-refractivity contribution in [1.29, 1.82) is 0 Å². The molecule has 2 aromatic heterocycles. The molecule has 8 rings (SSSR count). The molecule has 0 bridgehead atoms. The van der Waals surface area contributed by atoms with Crippen LogP contribution in [0.1, 0.15) is 81.6 Å². The van der Waals surface area contributed by atoms with Gasteiger partial charge in [-0.2, -0.15) is 5.10 Å². The second-order valence-corrected chi connectivity index (χ2v) is 20.2. The van der Waals surface area contributed by atoms with Gasteiger partial charge in [-0.25, -0.2) is 18.1 Å². The number of aromatic nitrogens is 3. The van der Waals surface area contributed by atoms with Crippen LogP contribution in [-0.2, 0) is 10.0 Å². The third-order valence-corrected chi connectivity index (χ3v) is 14.3. The van der Waals surface area contributed by atoms with Gasteiger partial charge < -0.3 is 20.1 Å². The third kappa shape index (κ3) is 10.3. The SMILES string of the molecule is CC1(C)CCC(CN2CCN(c3ccc(C(=O)NS(=O)(=O)c4cnc(NC[C@H]5CC[C@@](C)(O)CC5)c([N+](=O)[O-])c4)c(Oc4cccc5[nH]ncc45)c3)CC2)=C(c2ccc(Cl)cc2)C1. The predicted octanol–water partition coefficient (Wildman–Crippen LogP) is 8.57. The molecule has 15 nitrogen and oxygen atoms in total. The van der Waals surface area contributed by atoms with Crippen LogP contribution >= 0.6 is 11.6 Å². The van der Waals surface area contributed by atoms with E-state index in [2.05, 4.69) is 61.0 Å². The van der Waals surface area contributed by atoms with Crippen LogP contribution in [0.25, 0.3) is 16.5 Å². The monoisotopic (exact) mass is 896 g/mol. The Hall–Kier alpha value is -5.55. The summed E-state index contributed by atoms with van der Waals surface area (Å²) < 4.78 is 35.9. The molecule has 0 spiro atoms. The zero-order valence-corrected chi connectivity index (χ0v) is 37.3. The van der Waals surface area contributed by atoms with E-state index in [-0.39, 0.29) is 28.5 Å². The number of fused-ring (bicyclic) bond motifs is 1. The van der Waals surface area contributed by atoms with Gasteiger partial charge in [0.15, 0.2) is 0 Å². The molecule has 17 heteroatoms. The van der Waals surface area contributed by atoms with E-state index in [9.17, 15) is 28.4 Å². The first kappa shape index (κ1) is 44.1. The van der Waals surface area contributed by atoms with Gasteiger partial charge in [0.1, 0.15) is 16.4 Å². The molecule has 0 radical (unpaired) electrons. The smallest absolute Gasteiger partial charge is 0.312 e. The van der Waals surface area contributed by atoms with Crippen LogP contribution in [0, 0.1) is 21.4 Å². The van der Waals surface area contributed by atoms with Crippen molar-refractivity contribution in [3.05, 3.63) is 111 Å². The highest BCUT2D eigenvalue weighted by atomic mass is 35.5. The first-order valence-electron chi connectivity index (χ1n) is 21.4. The number of aromatic amines is 1. The van der Waals surface area contributed by atoms with E-state index < -0.39 is 37.0 Å². The quantitative estimate of drug-likeness (QED) is 0.0650. The van der Waals surface area contributed by atoms with Crippen molar-refractivity contribution in [3.8, 4) is 11.5 Å².